The molecule has 5 nitrogen and oxygen atoms in total. The van der Waals surface area contributed by atoms with Gasteiger partial charge in [-0.05, 0) is 12.1 Å². The Kier molecular flexibility index (Phi) is 4.34. The molecule has 1 fully saturated rings. The van der Waals surface area contributed by atoms with Gasteiger partial charge in [0.05, 0.1) is 13.1 Å². The number of halogens is 1. The summed E-state index contributed by atoms with van der Waals surface area (Å²) < 4.78 is 14.0. The van der Waals surface area contributed by atoms with Gasteiger partial charge in [0, 0.05) is 23.8 Å². The van der Waals surface area contributed by atoms with Gasteiger partial charge in [-0.1, -0.05) is 19.9 Å². The molecule has 2 rings (SSSR count). The summed E-state index contributed by atoms with van der Waals surface area (Å²) in [4.78, 5) is 24.5. The molecule has 1 heterocycles. The maximum absolute atomic E-state index is 14.0. The Morgan fingerprint density at radius 2 is 1.95 bits per heavy atom. The van der Waals surface area contributed by atoms with Crippen LogP contribution < -0.4 is 15.5 Å². The molecular weight excluding hydrogens is 261 g/mol. The van der Waals surface area contributed by atoms with E-state index in [1.807, 2.05) is 13.8 Å². The fourth-order valence-electron chi connectivity index (χ4n) is 2.13. The number of imide groups is 1. The Hall–Kier alpha value is -1.95. The molecule has 2 amide bonds. The van der Waals surface area contributed by atoms with Crippen LogP contribution >= 0.6 is 0 Å². The second kappa shape index (κ2) is 6.00. The van der Waals surface area contributed by atoms with Crippen LogP contribution in [0.5, 0.6) is 0 Å². The second-order valence-corrected chi connectivity index (χ2v) is 5.10. The van der Waals surface area contributed by atoms with Crippen LogP contribution in [0.4, 0.5) is 10.1 Å². The molecule has 20 heavy (non-hydrogen) atoms. The van der Waals surface area contributed by atoms with Gasteiger partial charge in [-0.3, -0.25) is 14.9 Å². The molecule has 108 valence electrons. The van der Waals surface area contributed by atoms with E-state index in [9.17, 15) is 14.0 Å². The lowest BCUT2D eigenvalue weighted by Crippen LogP contribution is -2.51. The van der Waals surface area contributed by atoms with Crippen molar-refractivity contribution in [2.45, 2.75) is 26.4 Å². The maximum atomic E-state index is 14.0. The highest BCUT2D eigenvalue weighted by Gasteiger charge is 2.25. The Balaban J connectivity index is 2.28. The van der Waals surface area contributed by atoms with Crippen molar-refractivity contribution in [3.8, 4) is 0 Å². The van der Waals surface area contributed by atoms with Gasteiger partial charge in [0.2, 0.25) is 11.8 Å². The lowest BCUT2D eigenvalue weighted by Gasteiger charge is -2.29. The first-order valence-electron chi connectivity index (χ1n) is 6.55. The predicted molar refractivity (Wildman–Crippen MR) is 73.7 cm³/mol. The van der Waals surface area contributed by atoms with Crippen molar-refractivity contribution >= 4 is 17.5 Å². The summed E-state index contributed by atoms with van der Waals surface area (Å²) in [6.07, 6.45) is 0. The van der Waals surface area contributed by atoms with Crippen molar-refractivity contribution in [2.75, 3.05) is 18.0 Å². The van der Waals surface area contributed by atoms with Crippen LogP contribution in [0.25, 0.3) is 0 Å². The number of hydrogen-bond acceptors (Lipinski definition) is 4. The van der Waals surface area contributed by atoms with E-state index in [2.05, 4.69) is 10.6 Å². The van der Waals surface area contributed by atoms with E-state index in [0.717, 1.165) is 0 Å². The van der Waals surface area contributed by atoms with Crippen molar-refractivity contribution < 1.29 is 14.0 Å². The summed E-state index contributed by atoms with van der Waals surface area (Å²) in [5.74, 6) is -1.07. The average Bonchev–Trinajstić information content (AvgIpc) is 2.35. The van der Waals surface area contributed by atoms with Crippen LogP contribution in [0.2, 0.25) is 0 Å². The van der Waals surface area contributed by atoms with Crippen molar-refractivity contribution in [2.24, 2.45) is 0 Å². The minimum atomic E-state index is -0.367. The van der Waals surface area contributed by atoms with Crippen LogP contribution in [0.15, 0.2) is 18.2 Å². The van der Waals surface area contributed by atoms with E-state index in [-0.39, 0.29) is 36.8 Å². The van der Waals surface area contributed by atoms with E-state index in [1.54, 1.807) is 17.0 Å². The van der Waals surface area contributed by atoms with Crippen LogP contribution in [0.1, 0.15) is 19.4 Å². The maximum Gasteiger partial charge on any atom is 0.246 e. The minimum absolute atomic E-state index is 0.0594. The minimum Gasteiger partial charge on any atom is -0.353 e. The normalized spacial score (nSPS) is 15.7. The number of carbonyl (C=O) groups is 2. The third kappa shape index (κ3) is 3.33. The molecule has 6 heteroatoms. The Morgan fingerprint density at radius 1 is 1.30 bits per heavy atom. The predicted octanol–water partition coefficient (Wildman–Crippen LogP) is 0.786. The van der Waals surface area contributed by atoms with Crippen molar-refractivity contribution in [1.29, 1.82) is 0 Å². The summed E-state index contributed by atoms with van der Waals surface area (Å²) in [7, 11) is 0. The molecule has 0 saturated carbocycles. The number of nitrogens with one attached hydrogen (secondary N) is 2. The molecule has 0 radical (unpaired) electrons. The van der Waals surface area contributed by atoms with Gasteiger partial charge in [-0.25, -0.2) is 4.39 Å². The molecule has 1 saturated heterocycles. The zero-order chi connectivity index (χ0) is 14.7. The van der Waals surface area contributed by atoms with Crippen LogP contribution in [0, 0.1) is 5.82 Å². The molecule has 0 aromatic heterocycles. The van der Waals surface area contributed by atoms with Gasteiger partial charge in [0.1, 0.15) is 5.82 Å². The first-order chi connectivity index (χ1) is 9.47. The molecule has 0 spiro atoms. The van der Waals surface area contributed by atoms with Gasteiger partial charge in [0.15, 0.2) is 0 Å². The highest BCUT2D eigenvalue weighted by Crippen LogP contribution is 2.24. The van der Waals surface area contributed by atoms with Crippen LogP contribution in [-0.2, 0) is 16.1 Å². The summed E-state index contributed by atoms with van der Waals surface area (Å²) in [5, 5.41) is 5.39. The number of rotatable bonds is 4. The largest absolute Gasteiger partial charge is 0.353 e. The van der Waals surface area contributed by atoms with Gasteiger partial charge in [-0.15, -0.1) is 0 Å². The Labute approximate surface area is 117 Å². The van der Waals surface area contributed by atoms with Gasteiger partial charge >= 0.3 is 0 Å². The van der Waals surface area contributed by atoms with Crippen molar-refractivity contribution in [1.82, 2.24) is 10.6 Å². The molecule has 0 bridgehead atoms. The number of piperazine rings is 1. The fraction of sp³-hybridized carbons (Fsp3) is 0.429. The molecule has 0 aliphatic carbocycles. The average molecular weight is 279 g/mol. The summed E-state index contributed by atoms with van der Waals surface area (Å²) in [5.41, 5.74) is 1.06. The van der Waals surface area contributed by atoms with Gasteiger partial charge in [-0.2, -0.15) is 0 Å². The zero-order valence-corrected chi connectivity index (χ0v) is 11.6. The van der Waals surface area contributed by atoms with E-state index in [4.69, 9.17) is 0 Å². The zero-order valence-electron chi connectivity index (χ0n) is 11.6. The smallest absolute Gasteiger partial charge is 0.246 e. The van der Waals surface area contributed by atoms with E-state index < -0.39 is 0 Å². The molecule has 1 aliphatic rings. The Bertz CT molecular complexity index is 515. The fourth-order valence-corrected chi connectivity index (χ4v) is 2.13. The Morgan fingerprint density at radius 3 is 2.55 bits per heavy atom. The van der Waals surface area contributed by atoms with Gasteiger partial charge < -0.3 is 10.2 Å². The lowest BCUT2D eigenvalue weighted by atomic mass is 10.1. The van der Waals surface area contributed by atoms with E-state index in [1.165, 1.54) is 6.07 Å². The monoisotopic (exact) mass is 279 g/mol. The third-order valence-electron chi connectivity index (χ3n) is 3.07. The molecule has 2 N–H and O–H groups in total. The standard InChI is InChI=1S/C14H18FN3O2/c1-9(2)16-6-10-11(15)4-3-5-12(10)18-7-13(19)17-14(20)8-18/h3-5,9,16H,6-8H2,1-2H3,(H,17,19,20). The number of anilines is 1. The SMILES string of the molecule is CC(C)NCc1c(F)cccc1N1CC(=O)NC(=O)C1. The summed E-state index contributed by atoms with van der Waals surface area (Å²) >= 11 is 0. The lowest BCUT2D eigenvalue weighted by molar-refractivity contribution is -0.130. The second-order valence-electron chi connectivity index (χ2n) is 5.10. The number of hydrogen-bond donors (Lipinski definition) is 2. The number of carbonyl (C=O) groups excluding carboxylic acids is 2. The number of amides is 2. The third-order valence-corrected chi connectivity index (χ3v) is 3.07. The molecule has 1 aromatic carbocycles. The summed E-state index contributed by atoms with van der Waals surface area (Å²) in [6, 6.07) is 4.91. The molecule has 0 unspecified atom stereocenters. The number of benzene rings is 1. The van der Waals surface area contributed by atoms with Crippen molar-refractivity contribution in [3.05, 3.63) is 29.6 Å². The highest BCUT2D eigenvalue weighted by molar-refractivity contribution is 6.02. The summed E-state index contributed by atoms with van der Waals surface area (Å²) in [6.45, 7) is 4.41. The van der Waals surface area contributed by atoms with E-state index >= 15 is 0 Å². The molecule has 1 aromatic rings. The first kappa shape index (κ1) is 14.5. The van der Waals surface area contributed by atoms with Gasteiger partial charge in [0.25, 0.3) is 0 Å². The molecule has 0 atom stereocenters. The van der Waals surface area contributed by atoms with E-state index in [0.29, 0.717) is 17.8 Å². The number of nitrogens with zero attached hydrogens (tertiary/aromatic N) is 1. The molecular formula is C14H18FN3O2. The first-order valence-corrected chi connectivity index (χ1v) is 6.55. The highest BCUT2D eigenvalue weighted by atomic mass is 19.1. The quantitative estimate of drug-likeness (QED) is 0.800. The van der Waals surface area contributed by atoms with Crippen molar-refractivity contribution in [3.63, 3.8) is 0 Å². The van der Waals surface area contributed by atoms with Crippen LogP contribution in [0.3, 0.4) is 0 Å². The molecule has 1 aliphatic heterocycles. The van der Waals surface area contributed by atoms with Crippen LogP contribution in [-0.4, -0.2) is 30.9 Å². The topological polar surface area (TPSA) is 61.4 Å².